The van der Waals surface area contributed by atoms with Crippen molar-refractivity contribution in [3.05, 3.63) is 39.9 Å². The van der Waals surface area contributed by atoms with Crippen molar-refractivity contribution in [2.45, 2.75) is 32.3 Å². The Hall–Kier alpha value is -2.24. The van der Waals surface area contributed by atoms with E-state index in [9.17, 15) is 19.7 Å². The molecule has 0 N–H and O–H groups in total. The van der Waals surface area contributed by atoms with Gasteiger partial charge in [-0.2, -0.15) is 0 Å². The maximum absolute atomic E-state index is 11.8. The Balaban J connectivity index is 2.04. The Bertz CT molecular complexity index is 566. The first-order valence-electron chi connectivity index (χ1n) is 6.39. The van der Waals surface area contributed by atoms with Crippen LogP contribution in [0.2, 0.25) is 0 Å². The summed E-state index contributed by atoms with van der Waals surface area (Å²) in [4.78, 5) is 33.6. The van der Waals surface area contributed by atoms with Crippen molar-refractivity contribution in [1.82, 2.24) is 0 Å². The number of benzene rings is 1. The molecule has 0 aromatic heterocycles. The molecule has 6 heteroatoms. The molecule has 0 radical (unpaired) electrons. The van der Waals surface area contributed by atoms with Crippen LogP contribution in [0.25, 0.3) is 0 Å². The van der Waals surface area contributed by atoms with Crippen molar-refractivity contribution in [2.24, 2.45) is 5.92 Å². The van der Waals surface area contributed by atoms with Crippen LogP contribution in [0, 0.1) is 16.0 Å². The molecule has 6 nitrogen and oxygen atoms in total. The van der Waals surface area contributed by atoms with Gasteiger partial charge in [0.05, 0.1) is 11.0 Å². The molecule has 0 heterocycles. The molecule has 1 unspecified atom stereocenters. The van der Waals surface area contributed by atoms with Gasteiger partial charge in [-0.15, -0.1) is 0 Å². The van der Waals surface area contributed by atoms with Gasteiger partial charge >= 0.3 is 5.97 Å². The molecular weight excluding hydrogens is 262 g/mol. The zero-order valence-electron chi connectivity index (χ0n) is 11.2. The van der Waals surface area contributed by atoms with Crippen LogP contribution in [0.3, 0.4) is 0 Å². The smallest absolute Gasteiger partial charge is 0.375 e. The second-order valence-electron chi connectivity index (χ2n) is 5.12. The van der Waals surface area contributed by atoms with E-state index in [4.69, 9.17) is 4.74 Å². The Labute approximate surface area is 115 Å². The Morgan fingerprint density at radius 1 is 1.40 bits per heavy atom. The van der Waals surface area contributed by atoms with Crippen LogP contribution in [0.5, 0.6) is 0 Å². The third-order valence-corrected chi connectivity index (χ3v) is 3.18. The number of Topliss-reactive ketones (excluding diaryl/α,β-unsaturated/α-hetero) is 1. The lowest BCUT2D eigenvalue weighted by Gasteiger charge is -2.06. The molecule has 106 valence electrons. The van der Waals surface area contributed by atoms with Gasteiger partial charge in [-0.1, -0.05) is 12.1 Å². The summed E-state index contributed by atoms with van der Waals surface area (Å²) in [5.74, 6) is -1.90. The number of nitro benzene ring substituents is 1. The Morgan fingerprint density at radius 2 is 2.10 bits per heavy atom. The topological polar surface area (TPSA) is 86.5 Å². The molecule has 1 aliphatic carbocycles. The number of nitrogens with zero attached hydrogens (tertiary/aromatic N) is 1. The summed E-state index contributed by atoms with van der Waals surface area (Å²) in [5, 5.41) is 10.7. The number of rotatable bonds is 5. The first kappa shape index (κ1) is 14.2. The molecule has 0 amide bonds. The average molecular weight is 277 g/mol. The zero-order chi connectivity index (χ0) is 14.9. The molecular formula is C14H15NO5. The van der Waals surface area contributed by atoms with Crippen LogP contribution in [0.4, 0.5) is 5.69 Å². The van der Waals surface area contributed by atoms with Gasteiger partial charge in [0.2, 0.25) is 5.78 Å². The van der Waals surface area contributed by atoms with Gasteiger partial charge in [0.25, 0.3) is 5.69 Å². The maximum atomic E-state index is 11.8. The van der Waals surface area contributed by atoms with Crippen LogP contribution in [-0.4, -0.2) is 22.8 Å². The van der Waals surface area contributed by atoms with Crippen LogP contribution in [0.15, 0.2) is 24.3 Å². The fourth-order valence-electron chi connectivity index (χ4n) is 2.15. The third-order valence-electron chi connectivity index (χ3n) is 3.18. The number of non-ortho nitro benzene ring substituents is 1. The lowest BCUT2D eigenvalue weighted by molar-refractivity contribution is -0.384. The number of carbonyl (C=O) groups is 2. The van der Waals surface area contributed by atoms with Crippen molar-refractivity contribution >= 4 is 17.4 Å². The van der Waals surface area contributed by atoms with Crippen LogP contribution < -0.4 is 0 Å². The largest absolute Gasteiger partial charge is 0.457 e. The normalized spacial score (nSPS) is 20.6. The van der Waals surface area contributed by atoms with Gasteiger partial charge in [0, 0.05) is 18.1 Å². The number of ether oxygens (including phenoxy) is 1. The molecule has 0 bridgehead atoms. The van der Waals surface area contributed by atoms with E-state index in [-0.39, 0.29) is 17.7 Å². The monoisotopic (exact) mass is 277 g/mol. The number of ketones is 1. The van der Waals surface area contributed by atoms with Crippen LogP contribution in [0.1, 0.15) is 31.7 Å². The number of nitro groups is 1. The SMILES string of the molecule is CC(C)OC(=O)C(=O)C1C[C@H]1c1cccc([N+](=O)[O-])c1. The van der Waals surface area contributed by atoms with Gasteiger partial charge in [0.1, 0.15) is 0 Å². The molecule has 1 saturated carbocycles. The van der Waals surface area contributed by atoms with Gasteiger partial charge in [-0.05, 0) is 31.7 Å². The minimum Gasteiger partial charge on any atom is -0.457 e. The molecule has 1 aliphatic rings. The fraction of sp³-hybridized carbons (Fsp3) is 0.429. The Morgan fingerprint density at radius 3 is 2.70 bits per heavy atom. The quantitative estimate of drug-likeness (QED) is 0.356. The lowest BCUT2D eigenvalue weighted by atomic mass is 10.1. The summed E-state index contributed by atoms with van der Waals surface area (Å²) in [6.45, 7) is 3.35. The van der Waals surface area contributed by atoms with E-state index >= 15 is 0 Å². The lowest BCUT2D eigenvalue weighted by Crippen LogP contribution is -2.22. The number of hydrogen-bond acceptors (Lipinski definition) is 5. The molecule has 0 saturated heterocycles. The van der Waals surface area contributed by atoms with Crippen molar-refractivity contribution in [1.29, 1.82) is 0 Å². The van der Waals surface area contributed by atoms with Gasteiger partial charge in [-0.3, -0.25) is 14.9 Å². The van der Waals surface area contributed by atoms with Crippen molar-refractivity contribution in [2.75, 3.05) is 0 Å². The number of hydrogen-bond donors (Lipinski definition) is 0. The zero-order valence-corrected chi connectivity index (χ0v) is 11.2. The number of carbonyl (C=O) groups excluding carboxylic acids is 2. The number of esters is 1. The van der Waals surface area contributed by atoms with Gasteiger partial charge in [0.15, 0.2) is 0 Å². The van der Waals surface area contributed by atoms with E-state index in [1.807, 2.05) is 0 Å². The minimum atomic E-state index is -0.821. The highest BCUT2D eigenvalue weighted by Crippen LogP contribution is 2.48. The summed E-state index contributed by atoms with van der Waals surface area (Å²) in [7, 11) is 0. The highest BCUT2D eigenvalue weighted by atomic mass is 16.6. The summed E-state index contributed by atoms with van der Waals surface area (Å²) < 4.78 is 4.86. The standard InChI is InChI=1S/C14H15NO5/c1-8(2)20-14(17)13(16)12-7-11(12)9-4-3-5-10(6-9)15(18)19/h3-6,8,11-12H,7H2,1-2H3/t11-,12?/m0/s1. The molecule has 2 rings (SSSR count). The third kappa shape index (κ3) is 3.01. The Kier molecular flexibility index (Phi) is 3.83. The highest BCUT2D eigenvalue weighted by molar-refractivity contribution is 6.35. The van der Waals surface area contributed by atoms with E-state index in [1.165, 1.54) is 12.1 Å². The van der Waals surface area contributed by atoms with Gasteiger partial charge in [-0.25, -0.2) is 4.79 Å². The summed E-state index contributed by atoms with van der Waals surface area (Å²) in [5.41, 5.74) is 0.709. The van der Waals surface area contributed by atoms with E-state index in [0.717, 1.165) is 5.56 Å². The molecule has 0 aliphatic heterocycles. The van der Waals surface area contributed by atoms with Gasteiger partial charge < -0.3 is 4.74 Å². The van der Waals surface area contributed by atoms with Crippen molar-refractivity contribution in [3.8, 4) is 0 Å². The first-order valence-corrected chi connectivity index (χ1v) is 6.39. The van der Waals surface area contributed by atoms with Crippen molar-refractivity contribution < 1.29 is 19.2 Å². The molecule has 20 heavy (non-hydrogen) atoms. The maximum Gasteiger partial charge on any atom is 0.375 e. The van der Waals surface area contributed by atoms with E-state index in [0.29, 0.717) is 6.42 Å². The molecule has 1 aromatic carbocycles. The summed E-state index contributed by atoms with van der Waals surface area (Å²) in [6.07, 6.45) is 0.203. The highest BCUT2D eigenvalue weighted by Gasteiger charge is 2.47. The average Bonchev–Trinajstić information content (AvgIpc) is 3.17. The van der Waals surface area contributed by atoms with Crippen LogP contribution in [-0.2, 0) is 14.3 Å². The first-order chi connectivity index (χ1) is 9.40. The fourth-order valence-corrected chi connectivity index (χ4v) is 2.15. The van der Waals surface area contributed by atoms with E-state index < -0.39 is 22.6 Å². The minimum absolute atomic E-state index is 0.00893. The second-order valence-corrected chi connectivity index (χ2v) is 5.12. The van der Waals surface area contributed by atoms with Crippen LogP contribution >= 0.6 is 0 Å². The molecule has 0 spiro atoms. The molecule has 1 fully saturated rings. The van der Waals surface area contributed by atoms with Crippen molar-refractivity contribution in [3.63, 3.8) is 0 Å². The second kappa shape index (κ2) is 5.40. The van der Waals surface area contributed by atoms with E-state index in [2.05, 4.69) is 0 Å². The predicted molar refractivity (Wildman–Crippen MR) is 70.2 cm³/mol. The predicted octanol–water partition coefficient (Wildman–Crippen LogP) is 2.22. The molecule has 2 atom stereocenters. The summed E-state index contributed by atoms with van der Waals surface area (Å²) in [6, 6.07) is 6.17. The molecule has 1 aromatic rings. The summed E-state index contributed by atoms with van der Waals surface area (Å²) >= 11 is 0. The van der Waals surface area contributed by atoms with E-state index in [1.54, 1.807) is 26.0 Å².